The molecular formula is C20H28Cl2N4O2. The third-order valence-corrected chi connectivity index (χ3v) is 4.73. The quantitative estimate of drug-likeness (QED) is 0.787. The minimum absolute atomic E-state index is 0. The SMILES string of the molecule is Cc1nc2ccccc2c(=O)n1CCNC(=O)C1=CC(C)(C)NC1(C)C.Cl.Cl. The molecule has 2 N–H and O–H groups in total. The van der Waals surface area contributed by atoms with E-state index in [2.05, 4.69) is 15.6 Å². The average molecular weight is 427 g/mol. The molecule has 0 spiro atoms. The van der Waals surface area contributed by atoms with Gasteiger partial charge in [-0.25, -0.2) is 4.98 Å². The van der Waals surface area contributed by atoms with Crippen molar-refractivity contribution in [3.05, 3.63) is 52.1 Å². The number of aromatic nitrogens is 2. The van der Waals surface area contributed by atoms with Crippen LogP contribution in [0.1, 0.15) is 33.5 Å². The number of fused-ring (bicyclic) bond motifs is 1. The summed E-state index contributed by atoms with van der Waals surface area (Å²) in [6.07, 6.45) is 1.97. The van der Waals surface area contributed by atoms with E-state index in [9.17, 15) is 9.59 Å². The van der Waals surface area contributed by atoms with Gasteiger partial charge < -0.3 is 5.32 Å². The first kappa shape index (κ1) is 24.1. The Labute approximate surface area is 177 Å². The summed E-state index contributed by atoms with van der Waals surface area (Å²) in [5.74, 6) is 0.540. The van der Waals surface area contributed by atoms with Gasteiger partial charge in [0.05, 0.1) is 10.9 Å². The van der Waals surface area contributed by atoms with E-state index >= 15 is 0 Å². The molecule has 1 aromatic heterocycles. The Hall–Kier alpha value is -1.89. The number of amides is 1. The maximum Gasteiger partial charge on any atom is 0.261 e. The topological polar surface area (TPSA) is 76.0 Å². The molecule has 6 nitrogen and oxygen atoms in total. The van der Waals surface area contributed by atoms with E-state index in [1.54, 1.807) is 10.6 Å². The van der Waals surface area contributed by atoms with Crippen LogP contribution in [0.2, 0.25) is 0 Å². The predicted octanol–water partition coefficient (Wildman–Crippen LogP) is 2.75. The average Bonchev–Trinajstić information content (AvgIpc) is 2.78. The minimum Gasteiger partial charge on any atom is -0.350 e. The first-order valence-electron chi connectivity index (χ1n) is 8.88. The maximum absolute atomic E-state index is 12.7. The zero-order chi connectivity index (χ0) is 19.1. The number of nitrogens with one attached hydrogen (secondary N) is 2. The van der Waals surface area contributed by atoms with E-state index in [1.165, 1.54) is 0 Å². The lowest BCUT2D eigenvalue weighted by atomic mass is 9.96. The van der Waals surface area contributed by atoms with Gasteiger partial charge in [0.1, 0.15) is 5.82 Å². The van der Waals surface area contributed by atoms with Crippen molar-refractivity contribution in [3.8, 4) is 0 Å². The van der Waals surface area contributed by atoms with Gasteiger partial charge in [-0.1, -0.05) is 18.2 Å². The molecule has 0 saturated heterocycles. The Bertz CT molecular complexity index is 964. The Balaban J connectivity index is 0.00000196. The molecule has 1 aromatic carbocycles. The van der Waals surface area contributed by atoms with E-state index in [0.29, 0.717) is 29.8 Å². The third-order valence-electron chi connectivity index (χ3n) is 4.73. The second-order valence-electron chi connectivity index (χ2n) is 7.92. The Morgan fingerprint density at radius 2 is 1.82 bits per heavy atom. The molecule has 154 valence electrons. The van der Waals surface area contributed by atoms with E-state index in [1.807, 2.05) is 58.9 Å². The molecule has 2 heterocycles. The Morgan fingerprint density at radius 1 is 1.18 bits per heavy atom. The van der Waals surface area contributed by atoms with Gasteiger partial charge in [0, 0.05) is 29.7 Å². The van der Waals surface area contributed by atoms with Gasteiger partial charge in [-0.05, 0) is 46.8 Å². The summed E-state index contributed by atoms with van der Waals surface area (Å²) in [7, 11) is 0. The van der Waals surface area contributed by atoms with Crippen molar-refractivity contribution in [1.82, 2.24) is 20.2 Å². The highest BCUT2D eigenvalue weighted by Crippen LogP contribution is 2.29. The van der Waals surface area contributed by atoms with E-state index in [-0.39, 0.29) is 47.4 Å². The van der Waals surface area contributed by atoms with Crippen LogP contribution >= 0.6 is 24.8 Å². The largest absolute Gasteiger partial charge is 0.350 e. The number of aryl methyl sites for hydroxylation is 1. The predicted molar refractivity (Wildman–Crippen MR) is 118 cm³/mol. The molecule has 0 unspecified atom stereocenters. The number of carbonyl (C=O) groups is 1. The van der Waals surface area contributed by atoms with Crippen LogP contribution in [0.15, 0.2) is 40.7 Å². The second-order valence-corrected chi connectivity index (χ2v) is 7.92. The van der Waals surface area contributed by atoms with Crippen molar-refractivity contribution in [3.63, 3.8) is 0 Å². The van der Waals surface area contributed by atoms with Crippen molar-refractivity contribution in [2.75, 3.05) is 6.54 Å². The highest BCUT2D eigenvalue weighted by atomic mass is 35.5. The zero-order valence-electron chi connectivity index (χ0n) is 16.8. The van der Waals surface area contributed by atoms with E-state index in [4.69, 9.17) is 0 Å². The smallest absolute Gasteiger partial charge is 0.261 e. The highest BCUT2D eigenvalue weighted by molar-refractivity contribution is 5.96. The summed E-state index contributed by atoms with van der Waals surface area (Å²) < 4.78 is 1.61. The molecular weight excluding hydrogens is 399 g/mol. The fourth-order valence-corrected chi connectivity index (χ4v) is 3.72. The summed E-state index contributed by atoms with van der Waals surface area (Å²) in [5, 5.41) is 6.96. The number of carbonyl (C=O) groups excluding carboxylic acids is 1. The summed E-state index contributed by atoms with van der Waals surface area (Å²) in [4.78, 5) is 29.7. The minimum atomic E-state index is -0.384. The molecule has 1 amide bonds. The van der Waals surface area contributed by atoms with Gasteiger partial charge in [-0.2, -0.15) is 0 Å². The lowest BCUT2D eigenvalue weighted by Crippen LogP contribution is -2.48. The Kier molecular flexibility index (Phi) is 7.45. The first-order valence-corrected chi connectivity index (χ1v) is 8.88. The number of rotatable bonds is 4. The van der Waals surface area contributed by atoms with Gasteiger partial charge in [0.25, 0.3) is 5.56 Å². The van der Waals surface area contributed by atoms with Crippen LogP contribution < -0.4 is 16.2 Å². The van der Waals surface area contributed by atoms with Crippen molar-refractivity contribution in [2.45, 2.75) is 52.2 Å². The molecule has 8 heteroatoms. The van der Waals surface area contributed by atoms with Gasteiger partial charge >= 0.3 is 0 Å². The van der Waals surface area contributed by atoms with Gasteiger partial charge in [0.15, 0.2) is 0 Å². The van der Waals surface area contributed by atoms with E-state index < -0.39 is 0 Å². The number of hydrogen-bond acceptors (Lipinski definition) is 4. The van der Waals surface area contributed by atoms with Crippen LogP contribution in [0.25, 0.3) is 10.9 Å². The summed E-state index contributed by atoms with van der Waals surface area (Å²) in [5.41, 5.74) is 0.742. The molecule has 3 rings (SSSR count). The molecule has 0 bridgehead atoms. The van der Waals surface area contributed by atoms with Crippen LogP contribution in [-0.2, 0) is 11.3 Å². The van der Waals surface area contributed by atoms with Crippen LogP contribution in [0.4, 0.5) is 0 Å². The van der Waals surface area contributed by atoms with Crippen molar-refractivity contribution in [1.29, 1.82) is 0 Å². The van der Waals surface area contributed by atoms with Crippen LogP contribution in [0.3, 0.4) is 0 Å². The Morgan fingerprint density at radius 3 is 2.43 bits per heavy atom. The van der Waals surface area contributed by atoms with Crippen molar-refractivity contribution < 1.29 is 4.79 Å². The van der Waals surface area contributed by atoms with Crippen LogP contribution in [0.5, 0.6) is 0 Å². The number of halogens is 2. The molecule has 1 aliphatic rings. The van der Waals surface area contributed by atoms with Crippen molar-refractivity contribution in [2.24, 2.45) is 0 Å². The van der Waals surface area contributed by atoms with Crippen molar-refractivity contribution >= 4 is 41.6 Å². The van der Waals surface area contributed by atoms with Gasteiger partial charge in [-0.3, -0.25) is 19.5 Å². The molecule has 0 atom stereocenters. The second kappa shape index (κ2) is 8.64. The van der Waals surface area contributed by atoms with Gasteiger partial charge in [-0.15, -0.1) is 24.8 Å². The number of benzene rings is 1. The lowest BCUT2D eigenvalue weighted by molar-refractivity contribution is -0.118. The summed E-state index contributed by atoms with van der Waals surface area (Å²) in [6, 6.07) is 7.31. The molecule has 0 saturated carbocycles. The number of nitrogens with zero attached hydrogens (tertiary/aromatic N) is 2. The molecule has 28 heavy (non-hydrogen) atoms. The fourth-order valence-electron chi connectivity index (χ4n) is 3.72. The molecule has 0 fully saturated rings. The standard InChI is InChI=1S/C20H26N4O2.2ClH/c1-13-22-16-9-7-6-8-14(16)18(26)24(13)11-10-21-17(25)15-12-19(2,3)23-20(15,4)5;;/h6-9,12,23H,10-11H2,1-5H3,(H,21,25);2*1H. The van der Waals surface area contributed by atoms with Crippen LogP contribution in [0, 0.1) is 6.92 Å². The molecule has 2 aromatic rings. The van der Waals surface area contributed by atoms with E-state index in [0.717, 1.165) is 5.57 Å². The first-order chi connectivity index (χ1) is 12.1. The number of hydrogen-bond donors (Lipinski definition) is 2. The molecule has 1 aliphatic heterocycles. The number of para-hydroxylation sites is 1. The summed E-state index contributed by atoms with van der Waals surface area (Å²) >= 11 is 0. The molecule has 0 radical (unpaired) electrons. The maximum atomic E-state index is 12.7. The fraction of sp³-hybridized carbons (Fsp3) is 0.450. The van der Waals surface area contributed by atoms with Gasteiger partial charge in [0.2, 0.25) is 5.91 Å². The molecule has 0 aliphatic carbocycles. The monoisotopic (exact) mass is 426 g/mol. The highest BCUT2D eigenvalue weighted by Gasteiger charge is 2.39. The van der Waals surface area contributed by atoms with Crippen LogP contribution in [-0.4, -0.2) is 33.1 Å². The summed E-state index contributed by atoms with van der Waals surface area (Å²) in [6.45, 7) is 10.6. The zero-order valence-corrected chi connectivity index (χ0v) is 18.5. The normalized spacial score (nSPS) is 16.7. The third kappa shape index (κ3) is 4.74. The lowest BCUT2D eigenvalue weighted by Gasteiger charge is -2.27.